The van der Waals surface area contributed by atoms with Crippen molar-refractivity contribution in [2.75, 3.05) is 18.8 Å². The molecule has 0 aromatic carbocycles. The Kier molecular flexibility index (Phi) is 5.77. The lowest BCUT2D eigenvalue weighted by atomic mass is 10.1. The van der Waals surface area contributed by atoms with Gasteiger partial charge in [-0.25, -0.2) is 0 Å². The van der Waals surface area contributed by atoms with Crippen LogP contribution in [0.5, 0.6) is 0 Å². The van der Waals surface area contributed by atoms with Gasteiger partial charge in [-0.1, -0.05) is 0 Å². The van der Waals surface area contributed by atoms with E-state index in [1.165, 1.54) is 31.4 Å². The molecule has 124 valence electrons. The minimum atomic E-state index is -4.40. The Morgan fingerprint density at radius 2 is 2.00 bits per heavy atom. The number of thioether (sulfide) groups is 1. The third-order valence-corrected chi connectivity index (χ3v) is 4.72. The van der Waals surface area contributed by atoms with Crippen LogP contribution in [0.3, 0.4) is 0 Å². The van der Waals surface area contributed by atoms with Crippen molar-refractivity contribution < 1.29 is 18.0 Å². The number of aryl methyl sites for hydroxylation is 1. The van der Waals surface area contributed by atoms with Gasteiger partial charge in [0.25, 0.3) is 0 Å². The zero-order chi connectivity index (χ0) is 16.2. The van der Waals surface area contributed by atoms with E-state index in [-0.39, 0.29) is 17.2 Å². The van der Waals surface area contributed by atoms with E-state index in [0.29, 0.717) is 12.2 Å². The molecule has 1 fully saturated rings. The Bertz CT molecular complexity index is 510. The lowest BCUT2D eigenvalue weighted by molar-refractivity contribution is -0.144. The van der Waals surface area contributed by atoms with Crippen molar-refractivity contribution >= 4 is 17.7 Å². The number of aromatic nitrogens is 2. The molecule has 0 aliphatic carbocycles. The summed E-state index contributed by atoms with van der Waals surface area (Å²) in [6.45, 7) is 1.62. The molecule has 2 rings (SSSR count). The number of carbonyl (C=O) groups excluding carboxylic acids is 1. The summed E-state index contributed by atoms with van der Waals surface area (Å²) in [6, 6.07) is 0. The predicted octanol–water partition coefficient (Wildman–Crippen LogP) is 3.07. The van der Waals surface area contributed by atoms with E-state index in [9.17, 15) is 18.0 Å². The van der Waals surface area contributed by atoms with E-state index in [1.54, 1.807) is 0 Å². The van der Waals surface area contributed by atoms with Crippen molar-refractivity contribution in [3.63, 3.8) is 0 Å². The first-order chi connectivity index (χ1) is 10.4. The lowest BCUT2D eigenvalue weighted by Crippen LogP contribution is -2.35. The fraction of sp³-hybridized carbons (Fsp3) is 0.714. The number of hydrogen-bond donors (Lipinski definition) is 0. The monoisotopic (exact) mass is 335 g/mol. The van der Waals surface area contributed by atoms with Crippen molar-refractivity contribution in [3.8, 4) is 0 Å². The fourth-order valence-corrected chi connectivity index (χ4v) is 3.49. The summed E-state index contributed by atoms with van der Waals surface area (Å²) in [6.07, 6.45) is 0.492. The summed E-state index contributed by atoms with van der Waals surface area (Å²) in [7, 11) is 1.29. The minimum absolute atomic E-state index is 0.106. The van der Waals surface area contributed by atoms with Gasteiger partial charge in [-0.3, -0.25) is 9.48 Å². The first-order valence-corrected chi connectivity index (χ1v) is 8.48. The van der Waals surface area contributed by atoms with Crippen molar-refractivity contribution in [3.05, 3.63) is 17.5 Å². The summed E-state index contributed by atoms with van der Waals surface area (Å²) >= 11 is 1.34. The highest BCUT2D eigenvalue weighted by Crippen LogP contribution is 2.33. The van der Waals surface area contributed by atoms with Crippen LogP contribution in [-0.4, -0.2) is 39.4 Å². The van der Waals surface area contributed by atoms with Crippen molar-refractivity contribution in [2.45, 2.75) is 37.6 Å². The molecule has 1 aromatic rings. The highest BCUT2D eigenvalue weighted by molar-refractivity contribution is 7.98. The average molecular weight is 335 g/mol. The van der Waals surface area contributed by atoms with Crippen LogP contribution < -0.4 is 0 Å². The SMILES string of the molecule is Cn1ncc(CSCCC(=O)N2CCCCC2)c1C(F)(F)F. The molecule has 0 atom stereocenters. The summed E-state index contributed by atoms with van der Waals surface area (Å²) < 4.78 is 39.5. The molecule has 0 bridgehead atoms. The molecule has 1 amide bonds. The molecule has 0 spiro atoms. The summed E-state index contributed by atoms with van der Waals surface area (Å²) in [5.74, 6) is 0.853. The molecule has 1 aliphatic heterocycles. The number of likely N-dealkylation sites (tertiary alicyclic amines) is 1. The molecular formula is C14H20F3N3OS. The number of rotatable bonds is 5. The third kappa shape index (κ3) is 4.41. The highest BCUT2D eigenvalue weighted by atomic mass is 32.2. The first-order valence-electron chi connectivity index (χ1n) is 7.33. The van der Waals surface area contributed by atoms with Gasteiger partial charge in [-0.15, -0.1) is 0 Å². The van der Waals surface area contributed by atoms with E-state index >= 15 is 0 Å². The topological polar surface area (TPSA) is 38.1 Å². The van der Waals surface area contributed by atoms with Gasteiger partial charge in [0.05, 0.1) is 6.20 Å². The largest absolute Gasteiger partial charge is 0.433 e. The maximum absolute atomic E-state index is 12.9. The van der Waals surface area contributed by atoms with Crippen molar-refractivity contribution in [1.82, 2.24) is 14.7 Å². The number of amides is 1. The fourth-order valence-electron chi connectivity index (χ4n) is 2.60. The van der Waals surface area contributed by atoms with Crippen LogP contribution >= 0.6 is 11.8 Å². The van der Waals surface area contributed by atoms with Crippen LogP contribution in [0, 0.1) is 0 Å². The predicted molar refractivity (Wildman–Crippen MR) is 79.4 cm³/mol. The Morgan fingerprint density at radius 1 is 1.32 bits per heavy atom. The van der Waals surface area contributed by atoms with E-state index in [4.69, 9.17) is 0 Å². The molecule has 1 saturated heterocycles. The van der Waals surface area contributed by atoms with E-state index in [1.807, 2.05) is 4.90 Å². The lowest BCUT2D eigenvalue weighted by Gasteiger charge is -2.26. The number of halogens is 3. The smallest absolute Gasteiger partial charge is 0.343 e. The molecule has 1 aromatic heterocycles. The number of alkyl halides is 3. The summed E-state index contributed by atoms with van der Waals surface area (Å²) in [4.78, 5) is 13.8. The molecule has 22 heavy (non-hydrogen) atoms. The quantitative estimate of drug-likeness (QED) is 0.776. The van der Waals surface area contributed by atoms with Gasteiger partial charge in [0.1, 0.15) is 5.69 Å². The standard InChI is InChI=1S/C14H20F3N3OS/c1-19-13(14(15,16)17)11(9-18-19)10-22-8-5-12(21)20-6-3-2-4-7-20/h9H,2-8,10H2,1H3. The Balaban J connectivity index is 1.78. The molecule has 0 saturated carbocycles. The molecule has 4 nitrogen and oxygen atoms in total. The average Bonchev–Trinajstić information content (AvgIpc) is 2.85. The summed E-state index contributed by atoms with van der Waals surface area (Å²) in [5, 5.41) is 3.68. The second kappa shape index (κ2) is 7.39. The number of hydrogen-bond acceptors (Lipinski definition) is 3. The Morgan fingerprint density at radius 3 is 2.64 bits per heavy atom. The first kappa shape index (κ1) is 17.2. The Labute approximate surface area is 132 Å². The van der Waals surface area contributed by atoms with Crippen LogP contribution in [0.4, 0.5) is 13.2 Å². The van der Waals surface area contributed by atoms with Gasteiger partial charge in [-0.05, 0) is 19.3 Å². The number of carbonyl (C=O) groups is 1. The van der Waals surface area contributed by atoms with Gasteiger partial charge < -0.3 is 4.90 Å². The van der Waals surface area contributed by atoms with Crippen molar-refractivity contribution in [2.24, 2.45) is 7.05 Å². The highest BCUT2D eigenvalue weighted by Gasteiger charge is 2.37. The van der Waals surface area contributed by atoms with Gasteiger partial charge in [0, 0.05) is 43.6 Å². The molecule has 8 heteroatoms. The summed E-state index contributed by atoms with van der Waals surface area (Å²) in [5.41, 5.74) is -0.534. The molecular weight excluding hydrogens is 315 g/mol. The second-order valence-electron chi connectivity index (χ2n) is 5.38. The van der Waals surface area contributed by atoms with Gasteiger partial charge >= 0.3 is 6.18 Å². The number of nitrogens with zero attached hydrogens (tertiary/aromatic N) is 3. The molecule has 0 unspecified atom stereocenters. The van der Waals surface area contributed by atoms with E-state index in [2.05, 4.69) is 5.10 Å². The maximum atomic E-state index is 12.9. The normalized spacial score (nSPS) is 16.1. The van der Waals surface area contributed by atoms with Crippen LogP contribution in [0.15, 0.2) is 6.20 Å². The maximum Gasteiger partial charge on any atom is 0.433 e. The Hall–Kier alpha value is -1.18. The molecule has 0 radical (unpaired) electrons. The zero-order valence-corrected chi connectivity index (χ0v) is 13.3. The van der Waals surface area contributed by atoms with Crippen molar-refractivity contribution in [1.29, 1.82) is 0 Å². The van der Waals surface area contributed by atoms with Gasteiger partial charge in [0.15, 0.2) is 0 Å². The molecule has 2 heterocycles. The van der Waals surface area contributed by atoms with Crippen LogP contribution in [0.2, 0.25) is 0 Å². The van der Waals surface area contributed by atoms with Crippen LogP contribution in [0.1, 0.15) is 36.9 Å². The third-order valence-electron chi connectivity index (χ3n) is 3.71. The van der Waals surface area contributed by atoms with E-state index < -0.39 is 11.9 Å². The second-order valence-corrected chi connectivity index (χ2v) is 6.49. The van der Waals surface area contributed by atoms with Crippen LogP contribution in [-0.2, 0) is 23.8 Å². The molecule has 1 aliphatic rings. The molecule has 0 N–H and O–H groups in total. The minimum Gasteiger partial charge on any atom is -0.343 e. The zero-order valence-electron chi connectivity index (χ0n) is 12.5. The number of piperidine rings is 1. The van der Waals surface area contributed by atoms with Gasteiger partial charge in [0.2, 0.25) is 5.91 Å². The van der Waals surface area contributed by atoms with Crippen LogP contribution in [0.25, 0.3) is 0 Å². The van der Waals surface area contributed by atoms with E-state index in [0.717, 1.165) is 30.6 Å². The van der Waals surface area contributed by atoms with Gasteiger partial charge in [-0.2, -0.15) is 30.0 Å².